The van der Waals surface area contributed by atoms with Gasteiger partial charge in [0.2, 0.25) is 5.90 Å². The molecule has 0 radical (unpaired) electrons. The van der Waals surface area contributed by atoms with Crippen LogP contribution >= 0.6 is 0 Å². The average Bonchev–Trinajstić information content (AvgIpc) is 2.47. The second-order valence-corrected chi connectivity index (χ2v) is 2.81. The minimum atomic E-state index is 0.679. The lowest BCUT2D eigenvalue weighted by Gasteiger charge is -1.95. The van der Waals surface area contributed by atoms with Crippen LogP contribution in [-0.4, -0.2) is 5.90 Å². The largest absolute Gasteiger partial charge is 0.446 e. The molecule has 0 unspecified atom stereocenters. The zero-order valence-corrected chi connectivity index (χ0v) is 7.66. The van der Waals surface area contributed by atoms with Crippen molar-refractivity contribution < 1.29 is 4.74 Å². The van der Waals surface area contributed by atoms with E-state index in [2.05, 4.69) is 4.99 Å². The molecule has 0 bridgehead atoms. The predicted molar refractivity (Wildman–Crippen MR) is 50.8 cm³/mol. The van der Waals surface area contributed by atoms with Crippen molar-refractivity contribution >= 4 is 5.90 Å². The van der Waals surface area contributed by atoms with E-state index in [4.69, 9.17) is 4.74 Å². The van der Waals surface area contributed by atoms with E-state index in [1.165, 1.54) is 0 Å². The standard InChI is InChI=1S/C10H13NO/c1-4-9-5-6-12-10(9)11-7-8(2)3/h4-7H,1-3H3. The molecule has 0 spiro atoms. The molecule has 64 valence electrons. The van der Waals surface area contributed by atoms with E-state index < -0.39 is 0 Å². The molecule has 12 heavy (non-hydrogen) atoms. The Bertz CT molecular complexity index is 278. The lowest BCUT2D eigenvalue weighted by molar-refractivity contribution is 0.487. The molecular formula is C10H13NO. The Morgan fingerprint density at radius 3 is 2.83 bits per heavy atom. The molecule has 1 heterocycles. The zero-order chi connectivity index (χ0) is 8.97. The van der Waals surface area contributed by atoms with Gasteiger partial charge in [0.25, 0.3) is 0 Å². The number of aliphatic imine (C=N–C) groups is 1. The molecule has 0 saturated carbocycles. The van der Waals surface area contributed by atoms with Crippen molar-refractivity contribution in [2.75, 3.05) is 0 Å². The molecule has 1 aliphatic rings. The second kappa shape index (κ2) is 3.90. The molecule has 0 N–H and O–H groups in total. The molecule has 0 atom stereocenters. The summed E-state index contributed by atoms with van der Waals surface area (Å²) in [5, 5.41) is 0. The van der Waals surface area contributed by atoms with Crippen LogP contribution < -0.4 is 0 Å². The van der Waals surface area contributed by atoms with Gasteiger partial charge in [0, 0.05) is 11.8 Å². The molecule has 0 aromatic heterocycles. The highest BCUT2D eigenvalue weighted by atomic mass is 16.5. The molecule has 2 nitrogen and oxygen atoms in total. The average molecular weight is 163 g/mol. The molecule has 2 heteroatoms. The summed E-state index contributed by atoms with van der Waals surface area (Å²) in [5.74, 6) is 0.679. The van der Waals surface area contributed by atoms with Gasteiger partial charge >= 0.3 is 0 Å². The molecule has 0 aromatic carbocycles. The SMILES string of the molecule is CC=C1C=COC1=NC=C(C)C. The van der Waals surface area contributed by atoms with Crippen molar-refractivity contribution in [1.82, 2.24) is 0 Å². The normalized spacial score (nSPS) is 21.6. The number of ether oxygens (including phenoxy) is 1. The fraction of sp³-hybridized carbons (Fsp3) is 0.300. The zero-order valence-electron chi connectivity index (χ0n) is 7.66. The van der Waals surface area contributed by atoms with Gasteiger partial charge in [-0.1, -0.05) is 11.6 Å². The number of allylic oxidation sites excluding steroid dienone is 2. The van der Waals surface area contributed by atoms with E-state index in [0.717, 1.165) is 11.1 Å². The number of hydrogen-bond acceptors (Lipinski definition) is 2. The van der Waals surface area contributed by atoms with Crippen molar-refractivity contribution in [3.8, 4) is 0 Å². The van der Waals surface area contributed by atoms with Crippen LogP contribution in [0.4, 0.5) is 0 Å². The lowest BCUT2D eigenvalue weighted by Crippen LogP contribution is -1.95. The van der Waals surface area contributed by atoms with E-state index in [0.29, 0.717) is 5.90 Å². The van der Waals surface area contributed by atoms with Crippen LogP contribution in [-0.2, 0) is 4.74 Å². The first-order chi connectivity index (χ1) is 5.74. The first-order valence-corrected chi connectivity index (χ1v) is 3.95. The topological polar surface area (TPSA) is 21.6 Å². The first-order valence-electron chi connectivity index (χ1n) is 3.95. The van der Waals surface area contributed by atoms with Crippen LogP contribution in [0, 0.1) is 0 Å². The van der Waals surface area contributed by atoms with Gasteiger partial charge in [-0.15, -0.1) is 0 Å². The van der Waals surface area contributed by atoms with Crippen LogP contribution in [0.1, 0.15) is 20.8 Å². The van der Waals surface area contributed by atoms with Gasteiger partial charge in [-0.25, -0.2) is 4.99 Å². The Kier molecular flexibility index (Phi) is 2.86. The molecule has 0 aromatic rings. The van der Waals surface area contributed by atoms with Gasteiger partial charge < -0.3 is 4.74 Å². The Morgan fingerprint density at radius 1 is 1.50 bits per heavy atom. The predicted octanol–water partition coefficient (Wildman–Crippen LogP) is 2.80. The van der Waals surface area contributed by atoms with Crippen molar-refractivity contribution in [3.05, 3.63) is 35.8 Å². The van der Waals surface area contributed by atoms with Crippen LogP contribution in [0.25, 0.3) is 0 Å². The third-order valence-corrected chi connectivity index (χ3v) is 1.43. The monoisotopic (exact) mass is 163 g/mol. The molecule has 0 fully saturated rings. The molecular weight excluding hydrogens is 150 g/mol. The molecule has 1 rings (SSSR count). The van der Waals surface area contributed by atoms with Crippen LogP contribution in [0.5, 0.6) is 0 Å². The Morgan fingerprint density at radius 2 is 2.25 bits per heavy atom. The lowest BCUT2D eigenvalue weighted by atomic mass is 10.3. The maximum Gasteiger partial charge on any atom is 0.225 e. The molecule has 0 saturated heterocycles. The number of rotatable bonds is 1. The Labute approximate surface area is 73.0 Å². The molecule has 0 aliphatic carbocycles. The quantitative estimate of drug-likeness (QED) is 0.582. The smallest absolute Gasteiger partial charge is 0.225 e. The minimum Gasteiger partial charge on any atom is -0.446 e. The van der Waals surface area contributed by atoms with Crippen LogP contribution in [0.3, 0.4) is 0 Å². The Hall–Kier alpha value is -1.31. The third-order valence-electron chi connectivity index (χ3n) is 1.43. The summed E-state index contributed by atoms with van der Waals surface area (Å²) in [7, 11) is 0. The van der Waals surface area contributed by atoms with Gasteiger partial charge in [-0.05, 0) is 26.8 Å². The van der Waals surface area contributed by atoms with Gasteiger partial charge in [0.05, 0.1) is 6.26 Å². The van der Waals surface area contributed by atoms with Gasteiger partial charge in [-0.3, -0.25) is 0 Å². The Balaban J connectivity index is 2.78. The summed E-state index contributed by atoms with van der Waals surface area (Å²) >= 11 is 0. The highest BCUT2D eigenvalue weighted by molar-refractivity contribution is 5.98. The summed E-state index contributed by atoms with van der Waals surface area (Å²) in [5.41, 5.74) is 2.20. The van der Waals surface area contributed by atoms with Gasteiger partial charge in [0.1, 0.15) is 0 Å². The summed E-state index contributed by atoms with van der Waals surface area (Å²) in [6.07, 6.45) is 7.32. The van der Waals surface area contributed by atoms with E-state index >= 15 is 0 Å². The maximum atomic E-state index is 5.16. The van der Waals surface area contributed by atoms with Crippen molar-refractivity contribution in [2.45, 2.75) is 20.8 Å². The van der Waals surface area contributed by atoms with E-state index in [-0.39, 0.29) is 0 Å². The van der Waals surface area contributed by atoms with E-state index in [9.17, 15) is 0 Å². The minimum absolute atomic E-state index is 0.679. The highest BCUT2D eigenvalue weighted by Crippen LogP contribution is 2.11. The van der Waals surface area contributed by atoms with E-state index in [1.807, 2.05) is 32.9 Å². The van der Waals surface area contributed by atoms with Crippen molar-refractivity contribution in [3.63, 3.8) is 0 Å². The van der Waals surface area contributed by atoms with Crippen molar-refractivity contribution in [2.24, 2.45) is 4.99 Å². The van der Waals surface area contributed by atoms with Crippen molar-refractivity contribution in [1.29, 1.82) is 0 Å². The maximum absolute atomic E-state index is 5.16. The highest BCUT2D eigenvalue weighted by Gasteiger charge is 2.08. The summed E-state index contributed by atoms with van der Waals surface area (Å²) in [6.45, 7) is 5.97. The number of nitrogens with zero attached hydrogens (tertiary/aromatic N) is 1. The summed E-state index contributed by atoms with van der Waals surface area (Å²) in [4.78, 5) is 4.18. The fourth-order valence-electron chi connectivity index (χ4n) is 0.823. The van der Waals surface area contributed by atoms with E-state index in [1.54, 1.807) is 12.5 Å². The van der Waals surface area contributed by atoms with Gasteiger partial charge in [0.15, 0.2) is 0 Å². The van der Waals surface area contributed by atoms with Crippen LogP contribution in [0.2, 0.25) is 0 Å². The number of hydrogen-bond donors (Lipinski definition) is 0. The second-order valence-electron chi connectivity index (χ2n) is 2.81. The van der Waals surface area contributed by atoms with Crippen LogP contribution in [0.15, 0.2) is 40.8 Å². The third kappa shape index (κ3) is 2.09. The molecule has 0 amide bonds. The molecule has 1 aliphatic heterocycles. The summed E-state index contributed by atoms with van der Waals surface area (Å²) in [6, 6.07) is 0. The van der Waals surface area contributed by atoms with Gasteiger partial charge in [-0.2, -0.15) is 0 Å². The summed E-state index contributed by atoms with van der Waals surface area (Å²) < 4.78 is 5.16. The first kappa shape index (κ1) is 8.78. The fourth-order valence-corrected chi connectivity index (χ4v) is 0.823.